The molecule has 2 atom stereocenters. The van der Waals surface area contributed by atoms with Crippen molar-refractivity contribution >= 4 is 17.5 Å². The van der Waals surface area contributed by atoms with E-state index in [4.69, 9.17) is 0 Å². The maximum Gasteiger partial charge on any atom is 0.237 e. The molecule has 5 nitrogen and oxygen atoms in total. The fraction of sp³-hybridized carbons (Fsp3) is 0.462. The number of aliphatic hydroxyl groups excluding tert-OH is 1. The number of amides is 2. The molecule has 0 bridgehead atoms. The van der Waals surface area contributed by atoms with Crippen LogP contribution in [0, 0.1) is 5.92 Å². The van der Waals surface area contributed by atoms with Crippen LogP contribution in [0.1, 0.15) is 49.7 Å². The summed E-state index contributed by atoms with van der Waals surface area (Å²) in [5.74, 6) is 0.151. The van der Waals surface area contributed by atoms with Crippen molar-refractivity contribution in [3.05, 3.63) is 65.7 Å². The number of carbonyl (C=O) groups is 2. The summed E-state index contributed by atoms with van der Waals surface area (Å²) in [7, 11) is 0. The molecule has 2 heterocycles. The van der Waals surface area contributed by atoms with Crippen LogP contribution < -0.4 is 5.32 Å². The predicted octanol–water partition coefficient (Wildman–Crippen LogP) is 3.66. The first-order chi connectivity index (χ1) is 15.1. The highest BCUT2D eigenvalue weighted by Crippen LogP contribution is 2.50. The second-order valence-electron chi connectivity index (χ2n) is 9.30. The molecule has 0 aromatic heterocycles. The summed E-state index contributed by atoms with van der Waals surface area (Å²) in [4.78, 5) is 29.0. The zero-order valence-corrected chi connectivity index (χ0v) is 17.8. The van der Waals surface area contributed by atoms with Crippen LogP contribution >= 0.6 is 0 Å². The van der Waals surface area contributed by atoms with Crippen molar-refractivity contribution in [2.45, 2.75) is 62.5 Å². The van der Waals surface area contributed by atoms with E-state index in [1.54, 1.807) is 0 Å². The number of likely N-dealkylation sites (tertiary alicyclic amines) is 1. The van der Waals surface area contributed by atoms with Gasteiger partial charge in [-0.15, -0.1) is 0 Å². The molecular weight excluding hydrogens is 388 g/mol. The predicted molar refractivity (Wildman–Crippen MR) is 120 cm³/mol. The number of nitrogens with one attached hydrogen (secondary N) is 1. The minimum atomic E-state index is -0.671. The first-order valence-corrected chi connectivity index (χ1v) is 11.5. The summed E-state index contributed by atoms with van der Waals surface area (Å²) in [5.41, 5.74) is 2.47. The summed E-state index contributed by atoms with van der Waals surface area (Å²) >= 11 is 0. The van der Waals surface area contributed by atoms with Crippen LogP contribution in [0.15, 0.2) is 54.6 Å². The third-order valence-electron chi connectivity index (χ3n) is 7.63. The van der Waals surface area contributed by atoms with E-state index in [1.165, 1.54) is 5.56 Å². The quantitative estimate of drug-likeness (QED) is 0.796. The number of benzene rings is 2. The van der Waals surface area contributed by atoms with E-state index >= 15 is 0 Å². The third kappa shape index (κ3) is 3.45. The smallest absolute Gasteiger partial charge is 0.237 e. The number of rotatable bonds is 4. The van der Waals surface area contributed by atoms with Crippen LogP contribution in [0.25, 0.3) is 0 Å². The third-order valence-corrected chi connectivity index (χ3v) is 7.63. The van der Waals surface area contributed by atoms with Gasteiger partial charge >= 0.3 is 0 Å². The van der Waals surface area contributed by atoms with Crippen LogP contribution in [0.4, 0.5) is 5.69 Å². The average Bonchev–Trinajstić information content (AvgIpc) is 3.32. The van der Waals surface area contributed by atoms with Gasteiger partial charge in [0.25, 0.3) is 0 Å². The maximum absolute atomic E-state index is 13.6. The molecule has 2 aromatic rings. The van der Waals surface area contributed by atoms with Crippen LogP contribution in [0.3, 0.4) is 0 Å². The number of fused-ring (bicyclic) bond motifs is 2. The van der Waals surface area contributed by atoms with Crippen molar-refractivity contribution in [1.82, 2.24) is 4.90 Å². The van der Waals surface area contributed by atoms with Crippen molar-refractivity contribution in [3.63, 3.8) is 0 Å². The Labute approximate surface area is 183 Å². The normalized spacial score (nSPS) is 29.8. The molecule has 2 amide bonds. The molecule has 2 N–H and O–H groups in total. The van der Waals surface area contributed by atoms with Gasteiger partial charge in [0.05, 0.1) is 17.6 Å². The van der Waals surface area contributed by atoms with Gasteiger partial charge in [-0.25, -0.2) is 0 Å². The van der Waals surface area contributed by atoms with Crippen molar-refractivity contribution in [3.8, 4) is 0 Å². The largest absolute Gasteiger partial charge is 0.393 e. The molecule has 0 unspecified atom stereocenters. The SMILES string of the molecule is O=C(C1CCC(O)CC1)N1CC[C@]2(C(=O)Nc3ccccc32)[C@@H]1CCc1ccccc1. The molecule has 5 heteroatoms. The highest BCUT2D eigenvalue weighted by atomic mass is 16.3. The Morgan fingerprint density at radius 3 is 2.52 bits per heavy atom. The molecule has 0 radical (unpaired) electrons. The number of aryl methyl sites for hydroxylation is 1. The fourth-order valence-corrected chi connectivity index (χ4v) is 5.97. The highest BCUT2D eigenvalue weighted by Gasteiger charge is 2.58. The van der Waals surface area contributed by atoms with Crippen LogP contribution in [0.2, 0.25) is 0 Å². The Bertz CT molecular complexity index is 968. The number of para-hydroxylation sites is 1. The van der Waals surface area contributed by atoms with Crippen LogP contribution in [-0.2, 0) is 21.4 Å². The molecule has 2 fully saturated rings. The van der Waals surface area contributed by atoms with Crippen molar-refractivity contribution in [2.24, 2.45) is 5.92 Å². The second kappa shape index (κ2) is 8.12. The van der Waals surface area contributed by atoms with Gasteiger partial charge in [-0.1, -0.05) is 48.5 Å². The summed E-state index contributed by atoms with van der Waals surface area (Å²) in [6.07, 6.45) is 4.81. The van der Waals surface area contributed by atoms with E-state index in [0.717, 1.165) is 36.9 Å². The van der Waals surface area contributed by atoms with E-state index in [9.17, 15) is 14.7 Å². The molecular formula is C26H30N2O3. The van der Waals surface area contributed by atoms with E-state index in [1.807, 2.05) is 47.4 Å². The minimum absolute atomic E-state index is 0.0288. The number of hydrogen-bond donors (Lipinski definition) is 2. The van der Waals surface area contributed by atoms with E-state index in [2.05, 4.69) is 17.4 Å². The van der Waals surface area contributed by atoms with Gasteiger partial charge in [0.15, 0.2) is 0 Å². The van der Waals surface area contributed by atoms with Gasteiger partial charge in [0.1, 0.15) is 0 Å². The first-order valence-electron chi connectivity index (χ1n) is 11.5. The van der Waals surface area contributed by atoms with Gasteiger partial charge < -0.3 is 15.3 Å². The summed E-state index contributed by atoms with van der Waals surface area (Å²) in [6, 6.07) is 18.1. The van der Waals surface area contributed by atoms with Gasteiger partial charge in [0.2, 0.25) is 11.8 Å². The minimum Gasteiger partial charge on any atom is -0.393 e. The lowest BCUT2D eigenvalue weighted by Crippen LogP contribution is -2.50. The van der Waals surface area contributed by atoms with Gasteiger partial charge in [0, 0.05) is 18.2 Å². The number of aliphatic hydroxyl groups is 1. The molecule has 1 saturated heterocycles. The molecule has 1 aliphatic carbocycles. The Hall–Kier alpha value is -2.66. The molecule has 5 rings (SSSR count). The van der Waals surface area contributed by atoms with Gasteiger partial charge in [-0.2, -0.15) is 0 Å². The van der Waals surface area contributed by atoms with Crippen LogP contribution in [-0.4, -0.2) is 40.5 Å². The maximum atomic E-state index is 13.6. The first kappa shape index (κ1) is 20.3. The Morgan fingerprint density at radius 1 is 1.03 bits per heavy atom. The molecule has 31 heavy (non-hydrogen) atoms. The van der Waals surface area contributed by atoms with E-state index in [-0.39, 0.29) is 29.9 Å². The Kier molecular flexibility index (Phi) is 5.30. The highest BCUT2D eigenvalue weighted by molar-refractivity contribution is 6.07. The number of hydrogen-bond acceptors (Lipinski definition) is 3. The summed E-state index contributed by atoms with van der Waals surface area (Å²) < 4.78 is 0. The zero-order valence-electron chi connectivity index (χ0n) is 17.8. The lowest BCUT2D eigenvalue weighted by Gasteiger charge is -2.37. The average molecular weight is 419 g/mol. The fourth-order valence-electron chi connectivity index (χ4n) is 5.97. The number of nitrogens with zero attached hydrogens (tertiary/aromatic N) is 1. The Morgan fingerprint density at radius 2 is 1.74 bits per heavy atom. The second-order valence-corrected chi connectivity index (χ2v) is 9.30. The summed E-state index contributed by atoms with van der Waals surface area (Å²) in [6.45, 7) is 0.610. The van der Waals surface area contributed by atoms with Crippen molar-refractivity contribution < 1.29 is 14.7 Å². The standard InChI is InChI=1S/C26H30N2O3/c29-20-13-11-19(12-14-20)24(30)28-17-16-26(21-8-4-5-9-22(21)27-25(26)31)23(28)15-10-18-6-2-1-3-7-18/h1-9,19-20,23,29H,10-17H2,(H,27,31)/t19?,20?,23-,26+/m0/s1. The topological polar surface area (TPSA) is 69.6 Å². The Balaban J connectivity index is 1.47. The van der Waals surface area contributed by atoms with Gasteiger partial charge in [-0.3, -0.25) is 9.59 Å². The number of anilines is 1. The molecule has 162 valence electrons. The van der Waals surface area contributed by atoms with Gasteiger partial charge in [-0.05, 0) is 62.1 Å². The van der Waals surface area contributed by atoms with Crippen LogP contribution in [0.5, 0.6) is 0 Å². The lowest BCUT2D eigenvalue weighted by atomic mass is 9.73. The van der Waals surface area contributed by atoms with Crippen molar-refractivity contribution in [1.29, 1.82) is 0 Å². The molecule has 2 aliphatic heterocycles. The van der Waals surface area contributed by atoms with E-state index in [0.29, 0.717) is 25.8 Å². The molecule has 1 saturated carbocycles. The molecule has 3 aliphatic rings. The van der Waals surface area contributed by atoms with E-state index < -0.39 is 5.41 Å². The number of carbonyl (C=O) groups excluding carboxylic acids is 2. The lowest BCUT2D eigenvalue weighted by molar-refractivity contribution is -0.139. The zero-order chi connectivity index (χ0) is 21.4. The monoisotopic (exact) mass is 418 g/mol. The molecule has 1 spiro atoms. The molecule has 2 aromatic carbocycles. The van der Waals surface area contributed by atoms with Crippen molar-refractivity contribution in [2.75, 3.05) is 11.9 Å². The summed E-state index contributed by atoms with van der Waals surface area (Å²) in [5, 5.41) is 13.0.